The molecule has 0 aromatic carbocycles. The average molecular weight is 234 g/mol. The van der Waals surface area contributed by atoms with Crippen LogP contribution < -0.4 is 11.1 Å². The highest BCUT2D eigenvalue weighted by Gasteiger charge is 2.17. The molecule has 0 saturated carbocycles. The molecule has 17 heavy (non-hydrogen) atoms. The molecule has 90 valence electrons. The zero-order valence-electron chi connectivity index (χ0n) is 9.94. The molecule has 0 atom stereocenters. The maximum Gasteiger partial charge on any atom is 0.292 e. The highest BCUT2D eigenvalue weighted by molar-refractivity contribution is 6.04. The van der Waals surface area contributed by atoms with E-state index in [1.807, 2.05) is 0 Å². The second kappa shape index (κ2) is 3.97. The van der Waals surface area contributed by atoms with Crippen LogP contribution in [0.25, 0.3) is 0 Å². The number of hydrogen-bond donors (Lipinski definition) is 2. The van der Waals surface area contributed by atoms with Crippen LogP contribution in [0.3, 0.4) is 0 Å². The minimum Gasteiger partial charge on any atom is -0.459 e. The Kier molecular flexibility index (Phi) is 2.63. The van der Waals surface area contributed by atoms with Crippen LogP contribution in [-0.4, -0.2) is 15.7 Å². The van der Waals surface area contributed by atoms with Crippen molar-refractivity contribution in [3.63, 3.8) is 0 Å². The standard InChI is InChI=1S/C11H14N4O2/c1-6-4-5-17-9(6)11(16)13-10-8(12)7(2)14-15(10)3/h4-5H,12H2,1-3H3,(H,13,16). The van der Waals surface area contributed by atoms with Gasteiger partial charge in [0.15, 0.2) is 11.6 Å². The van der Waals surface area contributed by atoms with Crippen LogP contribution in [0, 0.1) is 13.8 Å². The molecule has 0 saturated heterocycles. The van der Waals surface area contributed by atoms with E-state index in [-0.39, 0.29) is 11.7 Å². The molecule has 0 bridgehead atoms. The van der Waals surface area contributed by atoms with E-state index in [2.05, 4.69) is 10.4 Å². The molecule has 0 radical (unpaired) electrons. The fourth-order valence-corrected chi connectivity index (χ4v) is 1.59. The summed E-state index contributed by atoms with van der Waals surface area (Å²) in [5, 5.41) is 6.80. The number of aryl methyl sites for hydroxylation is 3. The quantitative estimate of drug-likeness (QED) is 0.823. The smallest absolute Gasteiger partial charge is 0.292 e. The van der Waals surface area contributed by atoms with Gasteiger partial charge in [-0.05, 0) is 19.9 Å². The Labute approximate surface area is 98.4 Å². The summed E-state index contributed by atoms with van der Waals surface area (Å²) in [5.41, 5.74) is 7.73. The molecule has 1 amide bonds. The number of rotatable bonds is 2. The van der Waals surface area contributed by atoms with E-state index in [0.29, 0.717) is 17.2 Å². The Hall–Kier alpha value is -2.24. The van der Waals surface area contributed by atoms with Gasteiger partial charge in [-0.2, -0.15) is 5.10 Å². The predicted octanol–water partition coefficient (Wildman–Crippen LogP) is 1.46. The van der Waals surface area contributed by atoms with Crippen LogP contribution in [0.15, 0.2) is 16.7 Å². The Morgan fingerprint density at radius 3 is 2.71 bits per heavy atom. The molecule has 6 heteroatoms. The van der Waals surface area contributed by atoms with Crippen LogP contribution in [0.2, 0.25) is 0 Å². The van der Waals surface area contributed by atoms with Crippen molar-refractivity contribution >= 4 is 17.4 Å². The minimum atomic E-state index is -0.331. The number of amides is 1. The normalized spacial score (nSPS) is 10.5. The van der Waals surface area contributed by atoms with Gasteiger partial charge >= 0.3 is 0 Å². The maximum atomic E-state index is 11.9. The summed E-state index contributed by atoms with van der Waals surface area (Å²) >= 11 is 0. The molecule has 0 aliphatic carbocycles. The third-order valence-corrected chi connectivity index (χ3v) is 2.57. The molecule has 2 heterocycles. The number of carbonyl (C=O) groups excluding carboxylic acids is 1. The summed E-state index contributed by atoms with van der Waals surface area (Å²) in [4.78, 5) is 11.9. The molecule has 2 rings (SSSR count). The maximum absolute atomic E-state index is 11.9. The van der Waals surface area contributed by atoms with E-state index in [9.17, 15) is 4.79 Å². The highest BCUT2D eigenvalue weighted by Crippen LogP contribution is 2.22. The summed E-state index contributed by atoms with van der Waals surface area (Å²) in [7, 11) is 1.72. The fraction of sp³-hybridized carbons (Fsp3) is 0.273. The Morgan fingerprint density at radius 2 is 2.24 bits per heavy atom. The Bertz CT molecular complexity index is 568. The van der Waals surface area contributed by atoms with Crippen molar-refractivity contribution in [2.45, 2.75) is 13.8 Å². The second-order valence-electron chi connectivity index (χ2n) is 3.86. The van der Waals surface area contributed by atoms with Crippen molar-refractivity contribution < 1.29 is 9.21 Å². The molecular weight excluding hydrogens is 220 g/mol. The van der Waals surface area contributed by atoms with E-state index in [1.165, 1.54) is 10.9 Å². The van der Waals surface area contributed by atoms with Crippen LogP contribution in [0.5, 0.6) is 0 Å². The molecule has 0 aliphatic rings. The summed E-state index contributed by atoms with van der Waals surface area (Å²) in [6.45, 7) is 3.58. The number of carbonyl (C=O) groups is 1. The number of anilines is 2. The van der Waals surface area contributed by atoms with Crippen molar-refractivity contribution in [1.82, 2.24) is 9.78 Å². The second-order valence-corrected chi connectivity index (χ2v) is 3.86. The molecule has 3 N–H and O–H groups in total. The first-order valence-electron chi connectivity index (χ1n) is 5.15. The summed E-state index contributed by atoms with van der Waals surface area (Å²) in [5.74, 6) is 0.425. The number of nitrogen functional groups attached to an aromatic ring is 1. The molecule has 0 aliphatic heterocycles. The zero-order valence-corrected chi connectivity index (χ0v) is 9.94. The van der Waals surface area contributed by atoms with E-state index in [0.717, 1.165) is 5.56 Å². The van der Waals surface area contributed by atoms with Crippen LogP contribution in [0.1, 0.15) is 21.8 Å². The molecule has 6 nitrogen and oxygen atoms in total. The first-order chi connectivity index (χ1) is 8.00. The predicted molar refractivity (Wildman–Crippen MR) is 63.8 cm³/mol. The number of nitrogens with zero attached hydrogens (tertiary/aromatic N) is 2. The first-order valence-corrected chi connectivity index (χ1v) is 5.15. The van der Waals surface area contributed by atoms with E-state index >= 15 is 0 Å². The van der Waals surface area contributed by atoms with Gasteiger partial charge in [0.2, 0.25) is 0 Å². The third-order valence-electron chi connectivity index (χ3n) is 2.57. The van der Waals surface area contributed by atoms with Gasteiger partial charge < -0.3 is 15.5 Å². The summed E-state index contributed by atoms with van der Waals surface area (Å²) in [6.07, 6.45) is 1.47. The topological polar surface area (TPSA) is 86.1 Å². The van der Waals surface area contributed by atoms with Crippen LogP contribution >= 0.6 is 0 Å². The Balaban J connectivity index is 2.28. The van der Waals surface area contributed by atoms with Crippen molar-refractivity contribution in [1.29, 1.82) is 0 Å². The van der Waals surface area contributed by atoms with Crippen molar-refractivity contribution in [3.05, 3.63) is 29.3 Å². The molecule has 2 aromatic heterocycles. The molecule has 0 unspecified atom stereocenters. The first kappa shape index (κ1) is 11.3. The van der Waals surface area contributed by atoms with Gasteiger partial charge in [-0.1, -0.05) is 0 Å². The Morgan fingerprint density at radius 1 is 1.53 bits per heavy atom. The highest BCUT2D eigenvalue weighted by atomic mass is 16.3. The molecular formula is C11H14N4O2. The summed E-state index contributed by atoms with van der Waals surface area (Å²) < 4.78 is 6.63. The van der Waals surface area contributed by atoms with Crippen LogP contribution in [0.4, 0.5) is 11.5 Å². The van der Waals surface area contributed by atoms with Gasteiger partial charge in [-0.25, -0.2) is 0 Å². The minimum absolute atomic E-state index is 0.281. The molecule has 2 aromatic rings. The monoisotopic (exact) mass is 234 g/mol. The van der Waals surface area contributed by atoms with E-state index < -0.39 is 0 Å². The number of nitrogens with two attached hydrogens (primary N) is 1. The largest absolute Gasteiger partial charge is 0.459 e. The van der Waals surface area contributed by atoms with Gasteiger partial charge in [0, 0.05) is 12.6 Å². The lowest BCUT2D eigenvalue weighted by atomic mass is 10.2. The van der Waals surface area contributed by atoms with Crippen molar-refractivity contribution in [2.75, 3.05) is 11.1 Å². The van der Waals surface area contributed by atoms with E-state index in [4.69, 9.17) is 10.2 Å². The molecule has 0 fully saturated rings. The van der Waals surface area contributed by atoms with Crippen molar-refractivity contribution in [3.8, 4) is 0 Å². The summed E-state index contributed by atoms with van der Waals surface area (Å²) in [6, 6.07) is 1.73. The lowest BCUT2D eigenvalue weighted by Crippen LogP contribution is -2.15. The van der Waals surface area contributed by atoms with Gasteiger partial charge in [0.05, 0.1) is 17.6 Å². The van der Waals surface area contributed by atoms with Gasteiger partial charge in [0.25, 0.3) is 5.91 Å². The fourth-order valence-electron chi connectivity index (χ4n) is 1.59. The lowest BCUT2D eigenvalue weighted by Gasteiger charge is -2.05. The van der Waals surface area contributed by atoms with Gasteiger partial charge in [0.1, 0.15) is 0 Å². The van der Waals surface area contributed by atoms with E-state index in [1.54, 1.807) is 27.0 Å². The third kappa shape index (κ3) is 1.89. The molecule has 0 spiro atoms. The van der Waals surface area contributed by atoms with Gasteiger partial charge in [-0.3, -0.25) is 9.48 Å². The number of hydrogen-bond acceptors (Lipinski definition) is 4. The number of furan rings is 1. The van der Waals surface area contributed by atoms with Crippen molar-refractivity contribution in [2.24, 2.45) is 7.05 Å². The lowest BCUT2D eigenvalue weighted by molar-refractivity contribution is 0.0995. The number of nitrogens with one attached hydrogen (secondary N) is 1. The van der Waals surface area contributed by atoms with Gasteiger partial charge in [-0.15, -0.1) is 0 Å². The SMILES string of the molecule is Cc1ccoc1C(=O)Nc1c(N)c(C)nn1C. The number of aromatic nitrogens is 2. The average Bonchev–Trinajstić information content (AvgIpc) is 2.78. The van der Waals surface area contributed by atoms with Crippen LogP contribution in [-0.2, 0) is 7.05 Å². The zero-order chi connectivity index (χ0) is 12.6.